The zero-order chi connectivity index (χ0) is 18.6. The van der Waals surface area contributed by atoms with Crippen molar-refractivity contribution < 1.29 is 23.5 Å². The number of esters is 1. The summed E-state index contributed by atoms with van der Waals surface area (Å²) in [6, 6.07) is 3.72. The molecule has 136 valence electrons. The second kappa shape index (κ2) is 8.09. The molecular weight excluding hydrogens is 327 g/mol. The zero-order valence-electron chi connectivity index (χ0n) is 14.6. The maximum Gasteiger partial charge on any atom is 0.328 e. The first kappa shape index (κ1) is 18.9. The van der Waals surface area contributed by atoms with Crippen molar-refractivity contribution in [1.29, 1.82) is 0 Å². The number of halogens is 1. The van der Waals surface area contributed by atoms with Crippen LogP contribution in [0.15, 0.2) is 24.3 Å². The number of methoxy groups -OCH3 is 1. The predicted molar refractivity (Wildman–Crippen MR) is 89.2 cm³/mol. The van der Waals surface area contributed by atoms with Crippen molar-refractivity contribution in [3.8, 4) is 0 Å². The molecule has 0 aliphatic carbocycles. The van der Waals surface area contributed by atoms with E-state index in [0.717, 1.165) is 0 Å². The van der Waals surface area contributed by atoms with Crippen LogP contribution in [0.25, 0.3) is 0 Å². The molecule has 0 spiro atoms. The highest BCUT2D eigenvalue weighted by Crippen LogP contribution is 2.21. The van der Waals surface area contributed by atoms with Gasteiger partial charge in [0.25, 0.3) is 5.91 Å². The first-order valence-electron chi connectivity index (χ1n) is 8.30. The van der Waals surface area contributed by atoms with Gasteiger partial charge in [-0.3, -0.25) is 9.59 Å². The smallest absolute Gasteiger partial charge is 0.328 e. The fraction of sp³-hybridized carbons (Fsp3) is 0.500. The molecule has 1 aromatic carbocycles. The van der Waals surface area contributed by atoms with E-state index in [1.165, 1.54) is 36.3 Å². The molecule has 2 rings (SSSR count). The topological polar surface area (TPSA) is 75.7 Å². The van der Waals surface area contributed by atoms with E-state index in [-0.39, 0.29) is 17.4 Å². The van der Waals surface area contributed by atoms with Gasteiger partial charge in [0, 0.05) is 12.1 Å². The zero-order valence-corrected chi connectivity index (χ0v) is 14.6. The van der Waals surface area contributed by atoms with Crippen LogP contribution >= 0.6 is 0 Å². The molecule has 1 saturated heterocycles. The van der Waals surface area contributed by atoms with Gasteiger partial charge in [-0.25, -0.2) is 9.18 Å². The van der Waals surface area contributed by atoms with Crippen LogP contribution < -0.4 is 5.32 Å². The average Bonchev–Trinajstić information content (AvgIpc) is 3.08. The van der Waals surface area contributed by atoms with Crippen molar-refractivity contribution >= 4 is 17.8 Å². The van der Waals surface area contributed by atoms with Gasteiger partial charge in [0.05, 0.1) is 7.11 Å². The van der Waals surface area contributed by atoms with Crippen LogP contribution in [0.2, 0.25) is 0 Å². The third-order valence-corrected chi connectivity index (χ3v) is 4.33. The molecule has 1 N–H and O–H groups in total. The van der Waals surface area contributed by atoms with Gasteiger partial charge in [-0.15, -0.1) is 0 Å². The minimum atomic E-state index is -0.775. The summed E-state index contributed by atoms with van der Waals surface area (Å²) in [5.74, 6) is -1.82. The van der Waals surface area contributed by atoms with E-state index in [1.54, 1.807) is 0 Å². The normalized spacial score (nSPS) is 18.1. The summed E-state index contributed by atoms with van der Waals surface area (Å²) in [6.45, 7) is 4.09. The minimum absolute atomic E-state index is 0.171. The molecule has 1 unspecified atom stereocenters. The maximum absolute atomic E-state index is 13.0. The Kier molecular flexibility index (Phi) is 6.12. The molecule has 6 nitrogen and oxygen atoms in total. The molecule has 1 aromatic rings. The molecule has 1 fully saturated rings. The molecule has 1 aliphatic rings. The number of carbonyl (C=O) groups excluding carboxylic acids is 3. The molecule has 1 aliphatic heterocycles. The summed E-state index contributed by atoms with van der Waals surface area (Å²) in [7, 11) is 1.29. The highest BCUT2D eigenvalue weighted by Gasteiger charge is 2.39. The van der Waals surface area contributed by atoms with E-state index in [0.29, 0.717) is 19.4 Å². The SMILES string of the molecule is COC(=O)[C@@H]1CCCN1C(=O)C(NC(=O)c1ccc(F)cc1)C(C)C. The third kappa shape index (κ3) is 4.35. The lowest BCUT2D eigenvalue weighted by molar-refractivity contribution is -0.151. The first-order chi connectivity index (χ1) is 11.8. The Morgan fingerprint density at radius 1 is 1.24 bits per heavy atom. The highest BCUT2D eigenvalue weighted by atomic mass is 19.1. The summed E-state index contributed by atoms with van der Waals surface area (Å²) < 4.78 is 17.8. The number of nitrogens with zero attached hydrogens (tertiary/aromatic N) is 1. The molecule has 0 radical (unpaired) electrons. The lowest BCUT2D eigenvalue weighted by atomic mass is 10.0. The molecular formula is C18H23FN2O4. The van der Waals surface area contributed by atoms with E-state index in [2.05, 4.69) is 5.32 Å². The fourth-order valence-corrected chi connectivity index (χ4v) is 2.93. The number of likely N-dealkylation sites (tertiary alicyclic amines) is 1. The molecule has 0 bridgehead atoms. The third-order valence-electron chi connectivity index (χ3n) is 4.33. The van der Waals surface area contributed by atoms with Gasteiger partial charge in [0.2, 0.25) is 5.91 Å². The maximum atomic E-state index is 13.0. The molecule has 1 heterocycles. The van der Waals surface area contributed by atoms with Gasteiger partial charge in [0.15, 0.2) is 0 Å². The molecule has 25 heavy (non-hydrogen) atoms. The van der Waals surface area contributed by atoms with Gasteiger partial charge < -0.3 is 15.0 Å². The van der Waals surface area contributed by atoms with E-state index >= 15 is 0 Å². The summed E-state index contributed by atoms with van der Waals surface area (Å²) >= 11 is 0. The van der Waals surface area contributed by atoms with Crippen molar-refractivity contribution in [2.75, 3.05) is 13.7 Å². The largest absolute Gasteiger partial charge is 0.467 e. The Hall–Kier alpha value is -2.44. The van der Waals surface area contributed by atoms with E-state index in [9.17, 15) is 18.8 Å². The van der Waals surface area contributed by atoms with Gasteiger partial charge in [0.1, 0.15) is 17.9 Å². The molecule has 2 atom stereocenters. The van der Waals surface area contributed by atoms with Crippen LogP contribution in [-0.4, -0.2) is 48.4 Å². The number of hydrogen-bond acceptors (Lipinski definition) is 4. The number of nitrogens with one attached hydrogen (secondary N) is 1. The van der Waals surface area contributed by atoms with E-state index in [4.69, 9.17) is 4.74 Å². The first-order valence-corrected chi connectivity index (χ1v) is 8.30. The van der Waals surface area contributed by atoms with Crippen LogP contribution in [-0.2, 0) is 14.3 Å². The standard InChI is InChI=1S/C18H23FN2O4/c1-11(2)15(20-16(22)12-6-8-13(19)9-7-12)17(23)21-10-4-5-14(21)18(24)25-3/h6-9,11,14-15H,4-5,10H2,1-3H3,(H,20,22)/t14-,15?/m0/s1. The van der Waals surface area contributed by atoms with Crippen LogP contribution in [0.1, 0.15) is 37.0 Å². The van der Waals surface area contributed by atoms with Crippen molar-refractivity contribution in [3.63, 3.8) is 0 Å². The summed E-state index contributed by atoms with van der Waals surface area (Å²) in [6.07, 6.45) is 1.26. The second-order valence-electron chi connectivity index (χ2n) is 6.41. The Morgan fingerprint density at radius 3 is 2.44 bits per heavy atom. The molecule has 7 heteroatoms. The summed E-state index contributed by atoms with van der Waals surface area (Å²) in [5.41, 5.74) is 0.269. The van der Waals surface area contributed by atoms with Gasteiger partial charge in [-0.1, -0.05) is 13.8 Å². The Balaban J connectivity index is 2.14. The van der Waals surface area contributed by atoms with Crippen LogP contribution in [0, 0.1) is 11.7 Å². The number of ether oxygens (including phenoxy) is 1. The monoisotopic (exact) mass is 350 g/mol. The van der Waals surface area contributed by atoms with Crippen molar-refractivity contribution in [2.45, 2.75) is 38.8 Å². The van der Waals surface area contributed by atoms with Crippen molar-refractivity contribution in [2.24, 2.45) is 5.92 Å². The minimum Gasteiger partial charge on any atom is -0.467 e. The number of carbonyl (C=O) groups is 3. The second-order valence-corrected chi connectivity index (χ2v) is 6.41. The van der Waals surface area contributed by atoms with E-state index < -0.39 is 29.8 Å². The van der Waals surface area contributed by atoms with Gasteiger partial charge >= 0.3 is 5.97 Å². The quantitative estimate of drug-likeness (QED) is 0.821. The Labute approximate surface area is 146 Å². The van der Waals surface area contributed by atoms with Crippen molar-refractivity contribution in [3.05, 3.63) is 35.6 Å². The van der Waals surface area contributed by atoms with Crippen molar-refractivity contribution in [1.82, 2.24) is 10.2 Å². The number of hydrogen-bond donors (Lipinski definition) is 1. The molecule has 0 saturated carbocycles. The summed E-state index contributed by atoms with van der Waals surface area (Å²) in [4.78, 5) is 38.6. The van der Waals surface area contributed by atoms with Crippen LogP contribution in [0.5, 0.6) is 0 Å². The van der Waals surface area contributed by atoms with E-state index in [1.807, 2.05) is 13.8 Å². The number of amides is 2. The lowest BCUT2D eigenvalue weighted by Crippen LogP contribution is -2.53. The number of benzene rings is 1. The highest BCUT2D eigenvalue weighted by molar-refractivity contribution is 5.98. The molecule has 2 amide bonds. The van der Waals surface area contributed by atoms with Gasteiger partial charge in [-0.05, 0) is 43.0 Å². The fourth-order valence-electron chi connectivity index (χ4n) is 2.93. The average molecular weight is 350 g/mol. The summed E-state index contributed by atoms with van der Waals surface area (Å²) in [5, 5.41) is 2.70. The Bertz CT molecular complexity index is 645. The Morgan fingerprint density at radius 2 is 1.88 bits per heavy atom. The molecule has 0 aromatic heterocycles. The number of rotatable bonds is 5. The lowest BCUT2D eigenvalue weighted by Gasteiger charge is -2.29. The van der Waals surface area contributed by atoms with Gasteiger partial charge in [-0.2, -0.15) is 0 Å². The van der Waals surface area contributed by atoms with Crippen LogP contribution in [0.3, 0.4) is 0 Å². The van der Waals surface area contributed by atoms with Crippen LogP contribution in [0.4, 0.5) is 4.39 Å². The predicted octanol–water partition coefficient (Wildman–Crippen LogP) is 1.74.